The number of rotatable bonds is 9. The number of carbonyl (C=O) groups excluding carboxylic acids is 4. The summed E-state index contributed by atoms with van der Waals surface area (Å²) in [6.07, 6.45) is -1.68. The van der Waals surface area contributed by atoms with Crippen LogP contribution in [0.3, 0.4) is 0 Å². The fraction of sp³-hybridized carbons (Fsp3) is 0.778. The average molecular weight is 467 g/mol. The van der Waals surface area contributed by atoms with Crippen molar-refractivity contribution in [1.29, 1.82) is 0 Å². The zero-order valence-electron chi connectivity index (χ0n) is 17.6. The molecule has 4 amide bonds. The zero-order chi connectivity index (χ0) is 23.3. The Kier molecular flexibility index (Phi) is 8.32. The van der Waals surface area contributed by atoms with E-state index in [4.69, 9.17) is 0 Å². The molecule has 4 atom stereocenters. The average Bonchev–Trinajstić information content (AvgIpc) is 3.29. The number of alkyl carbamates (subject to hydrolysis) is 1. The van der Waals surface area contributed by atoms with Crippen molar-refractivity contribution in [1.82, 2.24) is 20.3 Å². The van der Waals surface area contributed by atoms with Crippen molar-refractivity contribution in [2.24, 2.45) is 5.92 Å². The molecule has 0 aromatic carbocycles. The molecule has 0 aromatic rings. The van der Waals surface area contributed by atoms with E-state index in [-0.39, 0.29) is 13.0 Å². The third kappa shape index (κ3) is 6.34. The Hall–Kier alpha value is -2.31. The van der Waals surface area contributed by atoms with Gasteiger partial charge >= 0.3 is 6.09 Å². The molecule has 1 saturated heterocycles. The molecule has 2 rings (SSSR count). The smallest absolute Gasteiger partial charge is 0.407 e. The fourth-order valence-electron chi connectivity index (χ4n) is 3.13. The van der Waals surface area contributed by atoms with Crippen LogP contribution in [0.25, 0.3) is 0 Å². The molecule has 176 valence electrons. The summed E-state index contributed by atoms with van der Waals surface area (Å²) in [4.78, 5) is 50.0. The maximum Gasteiger partial charge on any atom is 0.407 e. The molecular weight excluding hydrogens is 438 g/mol. The lowest BCUT2D eigenvalue weighted by Gasteiger charge is -2.28. The summed E-state index contributed by atoms with van der Waals surface area (Å²) in [5.74, 6) is -3.82. The number of hydrogen-bond donors (Lipinski definition) is 3. The van der Waals surface area contributed by atoms with Crippen LogP contribution in [0.2, 0.25) is 0 Å². The molecule has 1 aliphatic heterocycles. The molecule has 3 N–H and O–H groups in total. The molecule has 10 nitrogen and oxygen atoms in total. The molecule has 0 aromatic heterocycles. The van der Waals surface area contributed by atoms with Crippen LogP contribution >= 0.6 is 0 Å². The second-order valence-electron chi connectivity index (χ2n) is 7.96. The highest BCUT2D eigenvalue weighted by molar-refractivity contribution is 7.85. The van der Waals surface area contributed by atoms with E-state index in [1.165, 1.54) is 4.90 Å². The first-order valence-corrected chi connectivity index (χ1v) is 11.1. The van der Waals surface area contributed by atoms with Crippen molar-refractivity contribution in [2.45, 2.75) is 62.8 Å². The first kappa shape index (κ1) is 25.0. The quantitative estimate of drug-likeness (QED) is 0.440. The molecule has 0 spiro atoms. The van der Waals surface area contributed by atoms with Crippen molar-refractivity contribution in [3.63, 3.8) is 0 Å². The zero-order valence-corrected chi connectivity index (χ0v) is 18.4. The number of nitrogens with one attached hydrogen (secondary N) is 3. The van der Waals surface area contributed by atoms with Crippen LogP contribution < -0.4 is 15.4 Å². The van der Waals surface area contributed by atoms with Gasteiger partial charge in [0.05, 0.1) is 11.9 Å². The molecule has 0 radical (unpaired) electrons. The molecule has 2 fully saturated rings. The lowest BCUT2D eigenvalue weighted by atomic mass is 10.0. The van der Waals surface area contributed by atoms with Crippen LogP contribution in [-0.2, 0) is 30.1 Å². The predicted octanol–water partition coefficient (Wildman–Crippen LogP) is 0.0518. The number of halogens is 2. The van der Waals surface area contributed by atoms with E-state index < -0.39 is 70.5 Å². The summed E-state index contributed by atoms with van der Waals surface area (Å²) >= 11 is 0. The first-order chi connectivity index (χ1) is 14.5. The lowest BCUT2D eigenvalue weighted by Crippen LogP contribution is -2.57. The fourth-order valence-corrected chi connectivity index (χ4v) is 4.16. The molecule has 31 heavy (non-hydrogen) atoms. The summed E-state index contributed by atoms with van der Waals surface area (Å²) in [6, 6.07) is -2.59. The van der Waals surface area contributed by atoms with Gasteiger partial charge in [0.25, 0.3) is 5.91 Å². The molecule has 1 aliphatic carbocycles. The Morgan fingerprint density at radius 2 is 1.90 bits per heavy atom. The molecule has 13 heteroatoms. The Bertz CT molecular complexity index is 749. The minimum absolute atomic E-state index is 0.239. The normalized spacial score (nSPS) is 22.3. The summed E-state index contributed by atoms with van der Waals surface area (Å²) in [5, 5.41) is 4.53. The highest BCUT2D eigenvalue weighted by Crippen LogP contribution is 2.40. The van der Waals surface area contributed by atoms with Gasteiger partial charge in [-0.15, -0.1) is 0 Å². The van der Waals surface area contributed by atoms with E-state index in [0.29, 0.717) is 19.3 Å². The predicted molar refractivity (Wildman–Crippen MR) is 106 cm³/mol. The minimum Gasteiger partial charge on any atom is -0.453 e. The van der Waals surface area contributed by atoms with Crippen LogP contribution in [-0.4, -0.2) is 76.4 Å². The second kappa shape index (κ2) is 10.3. The number of alkyl halides is 2. The van der Waals surface area contributed by atoms with Crippen molar-refractivity contribution < 1.29 is 36.9 Å². The van der Waals surface area contributed by atoms with Gasteiger partial charge < -0.3 is 20.3 Å². The van der Waals surface area contributed by atoms with Crippen molar-refractivity contribution in [3.05, 3.63) is 0 Å². The number of carbonyl (C=O) groups is 4. The number of nitrogens with zero attached hydrogens (tertiary/aromatic N) is 1. The van der Waals surface area contributed by atoms with Crippen LogP contribution in [0.1, 0.15) is 39.5 Å². The SMILES string of the molecule is COC(=O)NCC(=O)N1CCCC1C(=O)NC(C(=O)NS(=O)C1(C)CC1)[C@@H](C)C(F)F. The second-order valence-corrected chi connectivity index (χ2v) is 9.68. The van der Waals surface area contributed by atoms with E-state index in [1.807, 2.05) is 0 Å². The van der Waals surface area contributed by atoms with Gasteiger partial charge in [-0.1, -0.05) is 6.92 Å². The Morgan fingerprint density at radius 3 is 2.45 bits per heavy atom. The van der Waals surface area contributed by atoms with Gasteiger partial charge in [-0.25, -0.2) is 17.8 Å². The largest absolute Gasteiger partial charge is 0.453 e. The number of amides is 4. The molecule has 3 unspecified atom stereocenters. The van der Waals surface area contributed by atoms with E-state index in [0.717, 1.165) is 14.0 Å². The molecule has 2 aliphatic rings. The van der Waals surface area contributed by atoms with Gasteiger partial charge in [-0.3, -0.25) is 19.1 Å². The summed E-state index contributed by atoms with van der Waals surface area (Å²) in [6.45, 7) is 2.65. The van der Waals surface area contributed by atoms with Gasteiger partial charge in [-0.05, 0) is 32.6 Å². The highest BCUT2D eigenvalue weighted by Gasteiger charge is 2.46. The highest BCUT2D eigenvalue weighted by atomic mass is 32.2. The Morgan fingerprint density at radius 1 is 1.26 bits per heavy atom. The molecular formula is C18H28F2N4O6S. The third-order valence-corrected chi connectivity index (χ3v) is 7.23. The number of methoxy groups -OCH3 is 1. The summed E-state index contributed by atoms with van der Waals surface area (Å²) in [5.41, 5.74) is 0. The standard InChI is InChI=1S/C18H28F2N4O6S/c1-10(14(19)20)13(16(27)23-31(29)18(2)6-7-18)22-15(26)11-5-4-8-24(11)12(25)9-21-17(28)30-3/h10-11,13-14H,4-9H2,1-3H3,(H,21,28)(H,22,26)(H,23,27)/t10-,11?,13?,31?/m1/s1. The van der Waals surface area contributed by atoms with E-state index in [9.17, 15) is 32.2 Å². The van der Waals surface area contributed by atoms with Gasteiger partial charge in [0.1, 0.15) is 29.6 Å². The number of likely N-dealkylation sites (tertiary alicyclic amines) is 1. The van der Waals surface area contributed by atoms with Crippen LogP contribution in [0.15, 0.2) is 0 Å². The maximum absolute atomic E-state index is 13.3. The maximum atomic E-state index is 13.3. The van der Waals surface area contributed by atoms with Crippen LogP contribution in [0.4, 0.5) is 13.6 Å². The molecule has 1 saturated carbocycles. The van der Waals surface area contributed by atoms with Crippen molar-refractivity contribution in [3.8, 4) is 0 Å². The Labute approximate surface area is 181 Å². The van der Waals surface area contributed by atoms with Gasteiger partial charge in [0.2, 0.25) is 18.2 Å². The third-order valence-electron chi connectivity index (χ3n) is 5.54. The Balaban J connectivity index is 2.05. The molecule has 1 heterocycles. The topological polar surface area (TPSA) is 134 Å². The van der Waals surface area contributed by atoms with Crippen LogP contribution in [0.5, 0.6) is 0 Å². The minimum atomic E-state index is -2.91. The first-order valence-electron chi connectivity index (χ1n) is 9.92. The number of ether oxygens (including phenoxy) is 1. The van der Waals surface area contributed by atoms with Gasteiger partial charge in [0.15, 0.2) is 0 Å². The number of hydrogen-bond acceptors (Lipinski definition) is 6. The van der Waals surface area contributed by atoms with Gasteiger partial charge in [0, 0.05) is 12.5 Å². The van der Waals surface area contributed by atoms with Crippen LogP contribution in [0, 0.1) is 5.92 Å². The lowest BCUT2D eigenvalue weighted by molar-refractivity contribution is -0.139. The molecule has 0 bridgehead atoms. The van der Waals surface area contributed by atoms with E-state index >= 15 is 0 Å². The van der Waals surface area contributed by atoms with E-state index in [1.54, 1.807) is 6.92 Å². The monoisotopic (exact) mass is 466 g/mol. The van der Waals surface area contributed by atoms with Crippen molar-refractivity contribution >= 4 is 34.8 Å². The summed E-state index contributed by atoms with van der Waals surface area (Å²) < 4.78 is 45.0. The van der Waals surface area contributed by atoms with E-state index in [2.05, 4.69) is 20.1 Å². The summed E-state index contributed by atoms with van der Waals surface area (Å²) in [7, 11) is -0.621. The van der Waals surface area contributed by atoms with Gasteiger partial charge in [-0.2, -0.15) is 0 Å². The van der Waals surface area contributed by atoms with Crippen molar-refractivity contribution in [2.75, 3.05) is 20.2 Å².